The summed E-state index contributed by atoms with van der Waals surface area (Å²) < 4.78 is 24.4. The topological polar surface area (TPSA) is 46.1 Å². The first-order chi connectivity index (χ1) is 13.1. The Morgan fingerprint density at radius 3 is 2.57 bits per heavy atom. The molecule has 1 aromatic carbocycles. The number of likely N-dealkylation sites (N-methyl/N-ethyl adjacent to an activating group) is 1. The van der Waals surface area contributed by atoms with E-state index in [0.29, 0.717) is 18.9 Å². The molecule has 0 spiro atoms. The van der Waals surface area contributed by atoms with Crippen molar-refractivity contribution in [3.05, 3.63) is 30.1 Å². The van der Waals surface area contributed by atoms with Crippen LogP contribution in [0.25, 0.3) is 0 Å². The number of rotatable bonds is 9. The summed E-state index contributed by atoms with van der Waals surface area (Å²) >= 11 is 2.00. The first-order valence-corrected chi connectivity index (χ1v) is 10.7. The van der Waals surface area contributed by atoms with Crippen molar-refractivity contribution in [3.8, 4) is 5.75 Å². The highest BCUT2D eigenvalue weighted by Crippen LogP contribution is 2.35. The van der Waals surface area contributed by atoms with Gasteiger partial charge in [-0.3, -0.25) is 4.99 Å². The van der Waals surface area contributed by atoms with Crippen molar-refractivity contribution in [1.82, 2.24) is 10.2 Å². The molecular weight excluding hydrogens is 492 g/mol. The molecule has 1 N–H and O–H groups in total. The Kier molecular flexibility index (Phi) is 12.2. The number of ether oxygens (including phenoxy) is 2. The largest absolute Gasteiger partial charge is 0.492 e. The molecule has 0 radical (unpaired) electrons. The predicted molar refractivity (Wildman–Crippen MR) is 127 cm³/mol. The fourth-order valence-electron chi connectivity index (χ4n) is 3.02. The molecule has 28 heavy (non-hydrogen) atoms. The number of aliphatic imine (C=N–C) groups is 1. The SMILES string of the molecule is CCNC(=NCC1(SCC)CCOCC1)N(C)CCOc1ccc(F)cc1.I. The van der Waals surface area contributed by atoms with Gasteiger partial charge in [0.2, 0.25) is 0 Å². The third kappa shape index (κ3) is 8.32. The maximum absolute atomic E-state index is 13.0. The Morgan fingerprint density at radius 2 is 1.96 bits per heavy atom. The summed E-state index contributed by atoms with van der Waals surface area (Å²) in [6.07, 6.45) is 2.09. The summed E-state index contributed by atoms with van der Waals surface area (Å²) in [6.45, 7) is 8.73. The highest BCUT2D eigenvalue weighted by atomic mass is 127. The number of hydrogen-bond donors (Lipinski definition) is 1. The first kappa shape index (κ1) is 25.3. The van der Waals surface area contributed by atoms with E-state index in [1.165, 1.54) is 12.1 Å². The zero-order chi connectivity index (χ0) is 19.5. The number of benzene rings is 1. The number of nitrogens with one attached hydrogen (secondary N) is 1. The van der Waals surface area contributed by atoms with Gasteiger partial charge < -0.3 is 19.7 Å². The van der Waals surface area contributed by atoms with Crippen LogP contribution >= 0.6 is 35.7 Å². The van der Waals surface area contributed by atoms with Gasteiger partial charge in [-0.25, -0.2) is 4.39 Å². The lowest BCUT2D eigenvalue weighted by atomic mass is 9.99. The lowest BCUT2D eigenvalue weighted by molar-refractivity contribution is 0.0793. The molecule has 0 amide bonds. The molecule has 1 aliphatic rings. The molecule has 1 fully saturated rings. The number of nitrogens with zero attached hydrogens (tertiary/aromatic N) is 2. The average molecular weight is 525 g/mol. The van der Waals surface area contributed by atoms with Gasteiger partial charge in [-0.1, -0.05) is 6.92 Å². The molecule has 0 saturated carbocycles. The molecule has 2 rings (SSSR count). The second-order valence-electron chi connectivity index (χ2n) is 6.62. The molecule has 8 heteroatoms. The van der Waals surface area contributed by atoms with Gasteiger partial charge in [-0.05, 0) is 49.8 Å². The molecular formula is C20H33FIN3O2S. The van der Waals surface area contributed by atoms with Gasteiger partial charge in [0.1, 0.15) is 18.2 Å². The van der Waals surface area contributed by atoms with E-state index in [2.05, 4.69) is 24.1 Å². The van der Waals surface area contributed by atoms with Crippen molar-refractivity contribution in [3.63, 3.8) is 0 Å². The number of guanidine groups is 1. The van der Waals surface area contributed by atoms with Crippen molar-refractivity contribution >= 4 is 41.7 Å². The van der Waals surface area contributed by atoms with Crippen LogP contribution in [-0.2, 0) is 4.74 Å². The second-order valence-corrected chi connectivity index (χ2v) is 8.35. The number of thioether (sulfide) groups is 1. The quantitative estimate of drug-likeness (QED) is 0.300. The van der Waals surface area contributed by atoms with Crippen molar-refractivity contribution in [2.24, 2.45) is 4.99 Å². The van der Waals surface area contributed by atoms with E-state index < -0.39 is 0 Å². The fraction of sp³-hybridized carbons (Fsp3) is 0.650. The molecule has 0 aromatic heterocycles. The Hall–Kier alpha value is -0.740. The van der Waals surface area contributed by atoms with Crippen LogP contribution in [-0.4, -0.2) is 67.9 Å². The van der Waals surface area contributed by atoms with Crippen molar-refractivity contribution in [1.29, 1.82) is 0 Å². The van der Waals surface area contributed by atoms with Gasteiger partial charge in [-0.2, -0.15) is 11.8 Å². The molecule has 1 saturated heterocycles. The second kappa shape index (κ2) is 13.5. The van der Waals surface area contributed by atoms with E-state index in [-0.39, 0.29) is 34.5 Å². The molecule has 0 atom stereocenters. The lowest BCUT2D eigenvalue weighted by Crippen LogP contribution is -2.43. The molecule has 1 heterocycles. The van der Waals surface area contributed by atoms with Crippen molar-refractivity contribution < 1.29 is 13.9 Å². The normalized spacial score (nSPS) is 16.2. The Bertz CT molecular complexity index is 578. The van der Waals surface area contributed by atoms with Crippen LogP contribution in [0.1, 0.15) is 26.7 Å². The van der Waals surface area contributed by atoms with Gasteiger partial charge in [0.05, 0.1) is 13.1 Å². The van der Waals surface area contributed by atoms with Crippen LogP contribution in [0.2, 0.25) is 0 Å². The Morgan fingerprint density at radius 1 is 1.29 bits per heavy atom. The van der Waals surface area contributed by atoms with E-state index in [1.54, 1.807) is 12.1 Å². The predicted octanol–water partition coefficient (Wildman–Crippen LogP) is 4.02. The van der Waals surface area contributed by atoms with Gasteiger partial charge in [0.25, 0.3) is 0 Å². The number of hydrogen-bond acceptors (Lipinski definition) is 4. The van der Waals surface area contributed by atoms with Crippen LogP contribution in [0, 0.1) is 5.82 Å². The van der Waals surface area contributed by atoms with Crippen molar-refractivity contribution in [2.75, 3.05) is 52.3 Å². The van der Waals surface area contributed by atoms with Crippen LogP contribution in [0.3, 0.4) is 0 Å². The maximum atomic E-state index is 13.0. The van der Waals surface area contributed by atoms with E-state index in [1.807, 2.05) is 18.8 Å². The molecule has 5 nitrogen and oxygen atoms in total. The third-order valence-electron chi connectivity index (χ3n) is 4.58. The molecule has 1 aliphatic heterocycles. The average Bonchev–Trinajstić information content (AvgIpc) is 2.67. The number of halogens is 2. The minimum absolute atomic E-state index is 0. The van der Waals surface area contributed by atoms with E-state index >= 15 is 0 Å². The monoisotopic (exact) mass is 525 g/mol. The van der Waals surface area contributed by atoms with E-state index in [4.69, 9.17) is 14.5 Å². The molecule has 0 unspecified atom stereocenters. The molecule has 160 valence electrons. The smallest absolute Gasteiger partial charge is 0.193 e. The Labute approximate surface area is 189 Å². The highest BCUT2D eigenvalue weighted by molar-refractivity contribution is 14.0. The zero-order valence-electron chi connectivity index (χ0n) is 17.1. The summed E-state index contributed by atoms with van der Waals surface area (Å²) in [5.74, 6) is 2.40. The Balaban J connectivity index is 0.00000392. The summed E-state index contributed by atoms with van der Waals surface area (Å²) in [5.41, 5.74) is 0. The van der Waals surface area contributed by atoms with Crippen molar-refractivity contribution in [2.45, 2.75) is 31.4 Å². The highest BCUT2D eigenvalue weighted by Gasteiger charge is 2.32. The van der Waals surface area contributed by atoms with Crippen LogP contribution in [0.15, 0.2) is 29.3 Å². The minimum atomic E-state index is -0.256. The summed E-state index contributed by atoms with van der Waals surface area (Å²) in [6, 6.07) is 6.10. The summed E-state index contributed by atoms with van der Waals surface area (Å²) in [4.78, 5) is 7.00. The van der Waals surface area contributed by atoms with Crippen LogP contribution in [0.4, 0.5) is 4.39 Å². The minimum Gasteiger partial charge on any atom is -0.492 e. The van der Waals surface area contributed by atoms with E-state index in [9.17, 15) is 4.39 Å². The zero-order valence-corrected chi connectivity index (χ0v) is 20.2. The van der Waals surface area contributed by atoms with Crippen LogP contribution in [0.5, 0.6) is 5.75 Å². The standard InChI is InChI=1S/C20H32FN3O2S.HI/c1-4-22-19(23-16-20(27-5-2)10-13-25-14-11-20)24(3)12-15-26-18-8-6-17(21)7-9-18;/h6-9H,4-5,10-16H2,1-3H3,(H,22,23);1H. The molecule has 0 aliphatic carbocycles. The fourth-order valence-corrected chi connectivity index (χ4v) is 4.25. The van der Waals surface area contributed by atoms with Gasteiger partial charge in [0.15, 0.2) is 5.96 Å². The van der Waals surface area contributed by atoms with Gasteiger partial charge >= 0.3 is 0 Å². The van der Waals surface area contributed by atoms with E-state index in [0.717, 1.165) is 50.9 Å². The third-order valence-corrected chi connectivity index (χ3v) is 6.02. The first-order valence-electron chi connectivity index (χ1n) is 9.68. The molecule has 1 aromatic rings. The van der Waals surface area contributed by atoms with Gasteiger partial charge in [-0.15, -0.1) is 24.0 Å². The summed E-state index contributed by atoms with van der Waals surface area (Å²) in [5, 5.41) is 3.37. The maximum Gasteiger partial charge on any atom is 0.193 e. The van der Waals surface area contributed by atoms with Gasteiger partial charge in [0, 0.05) is 31.6 Å². The molecule has 0 bridgehead atoms. The van der Waals surface area contributed by atoms with Crippen LogP contribution < -0.4 is 10.1 Å². The lowest BCUT2D eigenvalue weighted by Gasteiger charge is -2.35. The summed E-state index contributed by atoms with van der Waals surface area (Å²) in [7, 11) is 2.01.